The molecule has 3 rings (SSSR count). The van der Waals surface area contributed by atoms with E-state index in [4.69, 9.17) is 4.98 Å². The lowest BCUT2D eigenvalue weighted by molar-refractivity contribution is -0.137. The minimum atomic E-state index is -4.76. The Bertz CT molecular complexity index is 881. The van der Waals surface area contributed by atoms with Gasteiger partial charge in [-0.05, 0) is 31.0 Å². The average Bonchev–Trinajstić information content (AvgIpc) is 3.13. The van der Waals surface area contributed by atoms with Crippen LogP contribution in [-0.4, -0.2) is 29.0 Å². The molecule has 1 saturated heterocycles. The van der Waals surface area contributed by atoms with Crippen LogP contribution in [0.3, 0.4) is 0 Å². The zero-order chi connectivity index (χ0) is 21.4. The summed E-state index contributed by atoms with van der Waals surface area (Å²) >= 11 is 1.61. The normalized spacial score (nSPS) is 16.2. The first-order valence-corrected chi connectivity index (χ1v) is 10.2. The third-order valence-electron chi connectivity index (χ3n) is 4.95. The summed E-state index contributed by atoms with van der Waals surface area (Å²) in [6.07, 6.45) is -3.37. The molecule has 29 heavy (non-hydrogen) atoms. The second kappa shape index (κ2) is 7.93. The van der Waals surface area contributed by atoms with Crippen molar-refractivity contribution in [3.05, 3.63) is 45.7 Å². The lowest BCUT2D eigenvalue weighted by Crippen LogP contribution is -2.40. The Kier molecular flexibility index (Phi) is 5.89. The van der Waals surface area contributed by atoms with Crippen molar-refractivity contribution >= 4 is 23.1 Å². The van der Waals surface area contributed by atoms with Gasteiger partial charge in [-0.2, -0.15) is 13.2 Å². The van der Waals surface area contributed by atoms with Crippen LogP contribution in [0.15, 0.2) is 23.6 Å². The van der Waals surface area contributed by atoms with Crippen molar-refractivity contribution in [2.45, 2.75) is 51.1 Å². The minimum Gasteiger partial charge on any atom is -0.324 e. The van der Waals surface area contributed by atoms with E-state index in [1.807, 2.05) is 0 Å². The van der Waals surface area contributed by atoms with Gasteiger partial charge in [0.2, 0.25) is 0 Å². The van der Waals surface area contributed by atoms with E-state index in [-0.39, 0.29) is 11.3 Å². The van der Waals surface area contributed by atoms with Crippen molar-refractivity contribution < 1.29 is 22.4 Å². The number of nitrogens with zero attached hydrogens (tertiary/aromatic N) is 2. The zero-order valence-corrected chi connectivity index (χ0v) is 17.3. The summed E-state index contributed by atoms with van der Waals surface area (Å²) in [7, 11) is 0. The first-order chi connectivity index (χ1) is 13.4. The number of alkyl halides is 3. The monoisotopic (exact) mass is 429 g/mol. The largest absolute Gasteiger partial charge is 0.418 e. The molecule has 1 aliphatic rings. The minimum absolute atomic E-state index is 0.0271. The van der Waals surface area contributed by atoms with Crippen LogP contribution in [0.1, 0.15) is 55.8 Å². The second-order valence-corrected chi connectivity index (χ2v) is 9.09. The highest BCUT2D eigenvalue weighted by molar-refractivity contribution is 7.09. The number of halogens is 4. The highest BCUT2D eigenvalue weighted by Crippen LogP contribution is 2.36. The Balaban J connectivity index is 1.63. The van der Waals surface area contributed by atoms with Gasteiger partial charge < -0.3 is 10.2 Å². The number of amides is 2. The van der Waals surface area contributed by atoms with Crippen LogP contribution in [0.5, 0.6) is 0 Å². The number of aromatic nitrogens is 1. The molecule has 0 radical (unpaired) electrons. The molecule has 0 saturated carbocycles. The van der Waals surface area contributed by atoms with E-state index in [2.05, 4.69) is 31.5 Å². The van der Waals surface area contributed by atoms with Gasteiger partial charge in [-0.3, -0.25) is 0 Å². The molecule has 0 unspecified atom stereocenters. The number of rotatable bonds is 2. The smallest absolute Gasteiger partial charge is 0.324 e. The summed E-state index contributed by atoms with van der Waals surface area (Å²) < 4.78 is 52.5. The fourth-order valence-corrected chi connectivity index (χ4v) is 4.42. The van der Waals surface area contributed by atoms with Crippen molar-refractivity contribution in [3.8, 4) is 0 Å². The Hall–Kier alpha value is -2.16. The zero-order valence-electron chi connectivity index (χ0n) is 16.4. The van der Waals surface area contributed by atoms with Crippen LogP contribution in [0.2, 0.25) is 0 Å². The predicted octanol–water partition coefficient (Wildman–Crippen LogP) is 6.01. The number of anilines is 1. The molecule has 1 aromatic carbocycles. The summed E-state index contributed by atoms with van der Waals surface area (Å²) in [4.78, 5) is 18.7. The standard InChI is InChI=1S/C20H23F4N3OS/c1-19(2,3)16-11-29-17(26-16)12-6-8-27(9-7-12)18(28)25-15-5-4-13(21)10-14(15)20(22,23)24/h4-5,10-12H,6-9H2,1-3H3,(H,25,28). The predicted molar refractivity (Wildman–Crippen MR) is 105 cm³/mol. The van der Waals surface area contributed by atoms with E-state index in [9.17, 15) is 22.4 Å². The summed E-state index contributed by atoms with van der Waals surface area (Å²) in [5, 5.41) is 5.37. The first-order valence-electron chi connectivity index (χ1n) is 9.34. The maximum atomic E-state index is 13.2. The lowest BCUT2D eigenvalue weighted by atomic mass is 9.93. The molecule has 1 aliphatic heterocycles. The topological polar surface area (TPSA) is 45.2 Å². The second-order valence-electron chi connectivity index (χ2n) is 8.20. The summed E-state index contributed by atoms with van der Waals surface area (Å²) in [5.74, 6) is -0.772. The van der Waals surface area contributed by atoms with Gasteiger partial charge in [0, 0.05) is 29.8 Å². The molecule has 1 fully saturated rings. The van der Waals surface area contributed by atoms with E-state index in [0.717, 1.165) is 22.8 Å². The summed E-state index contributed by atoms with van der Waals surface area (Å²) in [5.41, 5.74) is -0.631. The first kappa shape index (κ1) is 21.5. The fourth-order valence-electron chi connectivity index (χ4n) is 3.20. The van der Waals surface area contributed by atoms with Crippen LogP contribution < -0.4 is 5.32 Å². The number of thiazole rings is 1. The number of piperidine rings is 1. The van der Waals surface area contributed by atoms with Crippen LogP contribution in [0, 0.1) is 5.82 Å². The third kappa shape index (κ3) is 5.07. The molecule has 4 nitrogen and oxygen atoms in total. The van der Waals surface area contributed by atoms with E-state index in [0.29, 0.717) is 32.0 Å². The quantitative estimate of drug-likeness (QED) is 0.594. The maximum absolute atomic E-state index is 13.2. The third-order valence-corrected chi connectivity index (χ3v) is 5.96. The van der Waals surface area contributed by atoms with Crippen molar-refractivity contribution in [2.75, 3.05) is 18.4 Å². The van der Waals surface area contributed by atoms with E-state index in [1.54, 1.807) is 11.3 Å². The molecular weight excluding hydrogens is 406 g/mol. The average molecular weight is 429 g/mol. The fraction of sp³-hybridized carbons (Fsp3) is 0.500. The molecule has 1 N–H and O–H groups in total. The van der Waals surface area contributed by atoms with Gasteiger partial charge in [0.1, 0.15) is 5.82 Å². The van der Waals surface area contributed by atoms with Crippen LogP contribution in [-0.2, 0) is 11.6 Å². The molecular formula is C20H23F4N3OS. The Morgan fingerprint density at radius 1 is 1.21 bits per heavy atom. The van der Waals surface area contributed by atoms with Crippen LogP contribution >= 0.6 is 11.3 Å². The molecule has 2 heterocycles. The van der Waals surface area contributed by atoms with Crippen molar-refractivity contribution in [1.29, 1.82) is 0 Å². The van der Waals surface area contributed by atoms with Gasteiger partial charge in [-0.1, -0.05) is 20.8 Å². The van der Waals surface area contributed by atoms with Crippen molar-refractivity contribution in [2.24, 2.45) is 0 Å². The van der Waals surface area contributed by atoms with Gasteiger partial charge in [-0.25, -0.2) is 14.2 Å². The summed E-state index contributed by atoms with van der Waals surface area (Å²) in [6, 6.07) is 1.60. The van der Waals surface area contributed by atoms with E-state index < -0.39 is 29.3 Å². The molecule has 1 aromatic heterocycles. The highest BCUT2D eigenvalue weighted by atomic mass is 32.1. The number of carbonyl (C=O) groups is 1. The number of urea groups is 1. The molecule has 158 valence electrons. The van der Waals surface area contributed by atoms with Gasteiger partial charge >= 0.3 is 12.2 Å². The Morgan fingerprint density at radius 3 is 2.41 bits per heavy atom. The van der Waals surface area contributed by atoms with Crippen molar-refractivity contribution in [1.82, 2.24) is 9.88 Å². The van der Waals surface area contributed by atoms with Gasteiger partial charge in [0.15, 0.2) is 0 Å². The Morgan fingerprint density at radius 2 is 1.86 bits per heavy atom. The number of benzene rings is 1. The highest BCUT2D eigenvalue weighted by Gasteiger charge is 2.35. The number of carbonyl (C=O) groups excluding carboxylic acids is 1. The number of likely N-dealkylation sites (tertiary alicyclic amines) is 1. The maximum Gasteiger partial charge on any atom is 0.418 e. The number of hydrogen-bond acceptors (Lipinski definition) is 3. The number of hydrogen-bond donors (Lipinski definition) is 1. The molecule has 9 heteroatoms. The van der Waals surface area contributed by atoms with E-state index >= 15 is 0 Å². The van der Waals surface area contributed by atoms with Gasteiger partial charge in [0.25, 0.3) is 0 Å². The Labute approximate surface area is 170 Å². The summed E-state index contributed by atoms with van der Waals surface area (Å²) in [6.45, 7) is 7.14. The molecule has 0 atom stereocenters. The molecule has 2 aromatic rings. The molecule has 2 amide bonds. The van der Waals surface area contributed by atoms with Crippen LogP contribution in [0.25, 0.3) is 0 Å². The molecule has 0 spiro atoms. The lowest BCUT2D eigenvalue weighted by Gasteiger charge is -2.31. The van der Waals surface area contributed by atoms with Crippen molar-refractivity contribution in [3.63, 3.8) is 0 Å². The van der Waals surface area contributed by atoms with Gasteiger partial charge in [-0.15, -0.1) is 11.3 Å². The molecule has 0 aliphatic carbocycles. The van der Waals surface area contributed by atoms with Gasteiger partial charge in [0.05, 0.1) is 22.0 Å². The van der Waals surface area contributed by atoms with Crippen LogP contribution in [0.4, 0.5) is 28.0 Å². The SMILES string of the molecule is CC(C)(C)c1csc(C2CCN(C(=O)Nc3ccc(F)cc3C(F)(F)F)CC2)n1. The van der Waals surface area contributed by atoms with E-state index in [1.165, 1.54) is 4.90 Å². The number of nitrogens with one attached hydrogen (secondary N) is 1. The molecule has 0 bridgehead atoms.